The lowest BCUT2D eigenvalue weighted by Crippen LogP contribution is -2.49. The summed E-state index contributed by atoms with van der Waals surface area (Å²) in [5.74, 6) is -0.465. The molecule has 21 heavy (non-hydrogen) atoms. The summed E-state index contributed by atoms with van der Waals surface area (Å²) >= 11 is 0. The maximum absolute atomic E-state index is 12.4. The van der Waals surface area contributed by atoms with E-state index in [4.69, 9.17) is 0 Å². The number of ketones is 1. The van der Waals surface area contributed by atoms with Crippen molar-refractivity contribution in [3.63, 3.8) is 0 Å². The Morgan fingerprint density at radius 2 is 1.67 bits per heavy atom. The molecule has 0 bridgehead atoms. The average molecular weight is 280 g/mol. The number of Topliss-reactive ketones (excluding diaryl/α,β-unsaturated/α-hetero) is 1. The zero-order valence-electron chi connectivity index (χ0n) is 11.5. The molecule has 3 rings (SSSR count). The molecule has 2 aromatic carbocycles. The fraction of sp³-hybridized carbons (Fsp3) is 0.176. The molecule has 1 aliphatic heterocycles. The molecule has 0 spiro atoms. The maximum Gasteiger partial charge on any atom is 0.221 e. The Kier molecular flexibility index (Phi) is 3.64. The highest BCUT2D eigenvalue weighted by Gasteiger charge is 2.50. The smallest absolute Gasteiger partial charge is 0.221 e. The van der Waals surface area contributed by atoms with Crippen LogP contribution in [0.5, 0.6) is 0 Å². The standard InChI is InChI=1S/C17H16N2O2/c20-11-15(21)17(14-9-5-2-6-10-14)16(18-12-19-17)13-7-3-1-4-8-13/h1-11,16,18-19H,12H2. The van der Waals surface area contributed by atoms with Gasteiger partial charge in [0.1, 0.15) is 5.54 Å². The highest BCUT2D eigenvalue weighted by Crippen LogP contribution is 2.38. The van der Waals surface area contributed by atoms with Gasteiger partial charge >= 0.3 is 0 Å². The van der Waals surface area contributed by atoms with Crippen LogP contribution >= 0.6 is 0 Å². The van der Waals surface area contributed by atoms with E-state index in [2.05, 4.69) is 10.6 Å². The molecule has 1 saturated heterocycles. The van der Waals surface area contributed by atoms with Gasteiger partial charge in [0.25, 0.3) is 0 Å². The summed E-state index contributed by atoms with van der Waals surface area (Å²) in [6.45, 7) is 0.466. The number of hydrogen-bond donors (Lipinski definition) is 2. The van der Waals surface area contributed by atoms with Crippen molar-refractivity contribution in [1.29, 1.82) is 0 Å². The summed E-state index contributed by atoms with van der Waals surface area (Å²) in [5.41, 5.74) is 0.715. The summed E-state index contributed by atoms with van der Waals surface area (Å²) in [4.78, 5) is 23.7. The van der Waals surface area contributed by atoms with Crippen molar-refractivity contribution in [1.82, 2.24) is 10.6 Å². The fourth-order valence-electron chi connectivity index (χ4n) is 3.00. The predicted molar refractivity (Wildman–Crippen MR) is 79.5 cm³/mol. The van der Waals surface area contributed by atoms with Gasteiger partial charge < -0.3 is 0 Å². The van der Waals surface area contributed by atoms with E-state index in [1.165, 1.54) is 0 Å². The number of hydrogen-bond acceptors (Lipinski definition) is 4. The molecule has 0 aliphatic carbocycles. The van der Waals surface area contributed by atoms with E-state index in [0.29, 0.717) is 13.0 Å². The molecule has 2 unspecified atom stereocenters. The largest absolute Gasteiger partial charge is 0.295 e. The lowest BCUT2D eigenvalue weighted by molar-refractivity contribution is -0.134. The molecule has 0 amide bonds. The minimum absolute atomic E-state index is 0.279. The van der Waals surface area contributed by atoms with Gasteiger partial charge in [-0.1, -0.05) is 60.7 Å². The molecule has 2 aromatic rings. The Balaban J connectivity index is 2.15. The molecule has 0 saturated carbocycles. The van der Waals surface area contributed by atoms with Crippen LogP contribution in [0.1, 0.15) is 17.2 Å². The lowest BCUT2D eigenvalue weighted by Gasteiger charge is -2.32. The molecule has 1 fully saturated rings. The lowest BCUT2D eigenvalue weighted by atomic mass is 9.77. The molecular weight excluding hydrogens is 264 g/mol. The van der Waals surface area contributed by atoms with Gasteiger partial charge in [-0.2, -0.15) is 0 Å². The Morgan fingerprint density at radius 3 is 2.29 bits per heavy atom. The third-order valence-electron chi connectivity index (χ3n) is 3.96. The monoisotopic (exact) mass is 280 g/mol. The number of nitrogens with one attached hydrogen (secondary N) is 2. The van der Waals surface area contributed by atoms with Gasteiger partial charge in [-0.05, 0) is 11.1 Å². The fourth-order valence-corrected chi connectivity index (χ4v) is 3.00. The van der Waals surface area contributed by atoms with Crippen LogP contribution < -0.4 is 10.6 Å². The van der Waals surface area contributed by atoms with Crippen molar-refractivity contribution in [2.75, 3.05) is 6.67 Å². The van der Waals surface area contributed by atoms with E-state index < -0.39 is 11.3 Å². The summed E-state index contributed by atoms with van der Waals surface area (Å²) in [6.07, 6.45) is 0.406. The van der Waals surface area contributed by atoms with Gasteiger partial charge in [-0.25, -0.2) is 0 Å². The molecule has 0 radical (unpaired) electrons. The van der Waals surface area contributed by atoms with Crippen LogP contribution in [0.2, 0.25) is 0 Å². The Bertz CT molecular complexity index is 642. The molecule has 4 nitrogen and oxygen atoms in total. The van der Waals surface area contributed by atoms with Crippen molar-refractivity contribution < 1.29 is 9.59 Å². The zero-order chi connectivity index (χ0) is 14.7. The Morgan fingerprint density at radius 1 is 1.05 bits per heavy atom. The van der Waals surface area contributed by atoms with Crippen molar-refractivity contribution in [2.45, 2.75) is 11.6 Å². The van der Waals surface area contributed by atoms with E-state index in [0.717, 1.165) is 11.1 Å². The van der Waals surface area contributed by atoms with E-state index in [1.54, 1.807) is 0 Å². The first-order valence-electron chi connectivity index (χ1n) is 6.87. The summed E-state index contributed by atoms with van der Waals surface area (Å²) in [6, 6.07) is 18.8. The van der Waals surface area contributed by atoms with E-state index in [1.807, 2.05) is 60.7 Å². The van der Waals surface area contributed by atoms with Gasteiger partial charge in [0.15, 0.2) is 6.29 Å². The molecule has 2 N–H and O–H groups in total. The average Bonchev–Trinajstić information content (AvgIpc) is 3.01. The van der Waals surface area contributed by atoms with Crippen LogP contribution in [0.15, 0.2) is 60.7 Å². The second-order valence-electron chi connectivity index (χ2n) is 5.06. The van der Waals surface area contributed by atoms with Crippen LogP contribution in [0, 0.1) is 0 Å². The van der Waals surface area contributed by atoms with Gasteiger partial charge in [0.05, 0.1) is 6.04 Å². The van der Waals surface area contributed by atoms with E-state index in [-0.39, 0.29) is 6.04 Å². The second-order valence-corrected chi connectivity index (χ2v) is 5.06. The molecule has 1 heterocycles. The van der Waals surface area contributed by atoms with Crippen LogP contribution in [-0.4, -0.2) is 18.7 Å². The number of rotatable bonds is 4. The third kappa shape index (κ3) is 2.18. The predicted octanol–water partition coefficient (Wildman–Crippen LogP) is 1.54. The van der Waals surface area contributed by atoms with Crippen molar-refractivity contribution in [3.8, 4) is 0 Å². The highest BCUT2D eigenvalue weighted by molar-refractivity contribution is 6.29. The molecule has 2 atom stereocenters. The number of aldehydes is 1. The zero-order valence-corrected chi connectivity index (χ0v) is 11.5. The Labute approximate surface area is 123 Å². The quantitative estimate of drug-likeness (QED) is 0.659. The van der Waals surface area contributed by atoms with Crippen molar-refractivity contribution >= 4 is 12.1 Å². The first kappa shape index (κ1) is 13.7. The molecule has 4 heteroatoms. The van der Waals surface area contributed by atoms with Crippen molar-refractivity contribution in [2.24, 2.45) is 0 Å². The van der Waals surface area contributed by atoms with Crippen LogP contribution in [0.3, 0.4) is 0 Å². The SMILES string of the molecule is O=CC(=O)C1(c2ccccc2)NCNC1c1ccccc1. The second kappa shape index (κ2) is 5.60. The summed E-state index contributed by atoms with van der Waals surface area (Å²) in [5, 5.41) is 6.48. The number of carbonyl (C=O) groups excluding carboxylic acids is 2. The minimum atomic E-state index is -1.05. The third-order valence-corrected chi connectivity index (χ3v) is 3.96. The first-order chi connectivity index (χ1) is 10.3. The van der Waals surface area contributed by atoms with Gasteiger partial charge in [0, 0.05) is 6.67 Å². The maximum atomic E-state index is 12.4. The summed E-state index contributed by atoms with van der Waals surface area (Å²) < 4.78 is 0. The van der Waals surface area contributed by atoms with Crippen LogP contribution in [0.25, 0.3) is 0 Å². The molecule has 1 aliphatic rings. The number of benzene rings is 2. The minimum Gasteiger partial charge on any atom is -0.295 e. The number of carbonyl (C=O) groups is 2. The Hall–Kier alpha value is -2.30. The first-order valence-corrected chi connectivity index (χ1v) is 6.87. The van der Waals surface area contributed by atoms with Crippen LogP contribution in [0.4, 0.5) is 0 Å². The summed E-state index contributed by atoms with van der Waals surface area (Å²) in [7, 11) is 0. The normalized spacial score (nSPS) is 24.7. The van der Waals surface area contributed by atoms with E-state index in [9.17, 15) is 9.59 Å². The van der Waals surface area contributed by atoms with Crippen molar-refractivity contribution in [3.05, 3.63) is 71.8 Å². The highest BCUT2D eigenvalue weighted by atomic mass is 16.2. The topological polar surface area (TPSA) is 58.2 Å². The molecule has 106 valence electrons. The van der Waals surface area contributed by atoms with Gasteiger partial charge in [-0.3, -0.25) is 20.2 Å². The van der Waals surface area contributed by atoms with E-state index >= 15 is 0 Å². The van der Waals surface area contributed by atoms with Crippen LogP contribution in [-0.2, 0) is 15.1 Å². The van der Waals surface area contributed by atoms with Gasteiger partial charge in [0.2, 0.25) is 5.78 Å². The molecule has 0 aromatic heterocycles. The van der Waals surface area contributed by atoms with Gasteiger partial charge in [-0.15, -0.1) is 0 Å². The molecular formula is C17H16N2O2.